The third-order valence-electron chi connectivity index (χ3n) is 7.90. The first-order valence-corrected chi connectivity index (χ1v) is 16.7. The van der Waals surface area contributed by atoms with Crippen molar-refractivity contribution >= 4 is 28.5 Å². The molecule has 234 valence electrons. The van der Waals surface area contributed by atoms with E-state index in [0.29, 0.717) is 12.1 Å². The van der Waals surface area contributed by atoms with Gasteiger partial charge in [-0.15, -0.1) is 17.9 Å². The van der Waals surface area contributed by atoms with Crippen LogP contribution in [-0.4, -0.2) is 48.9 Å². The van der Waals surface area contributed by atoms with Gasteiger partial charge in [0.1, 0.15) is 6.29 Å². The maximum absolute atomic E-state index is 10.5. The van der Waals surface area contributed by atoms with Crippen molar-refractivity contribution in [3.8, 4) is 11.3 Å². The lowest BCUT2D eigenvalue weighted by Gasteiger charge is -2.25. The van der Waals surface area contributed by atoms with E-state index in [2.05, 4.69) is 96.3 Å². The maximum atomic E-state index is 10.5. The highest BCUT2D eigenvalue weighted by Gasteiger charge is 2.14. The number of aromatic nitrogens is 1. The topological polar surface area (TPSA) is 57.3 Å². The largest absolute Gasteiger partial charge is 0.382 e. The quantitative estimate of drug-likeness (QED) is 0.151. The van der Waals surface area contributed by atoms with Gasteiger partial charge in [0.2, 0.25) is 0 Å². The Kier molecular flexibility index (Phi) is 17.3. The van der Waals surface area contributed by atoms with Crippen LogP contribution in [0.25, 0.3) is 17.0 Å². The second kappa shape index (κ2) is 20.6. The van der Waals surface area contributed by atoms with Gasteiger partial charge in [-0.1, -0.05) is 100 Å². The molecule has 6 heteroatoms. The summed E-state index contributed by atoms with van der Waals surface area (Å²) in [6, 6.07) is 19.7. The van der Waals surface area contributed by atoms with Crippen LogP contribution in [0, 0.1) is 5.92 Å². The molecule has 1 saturated carbocycles. The fourth-order valence-electron chi connectivity index (χ4n) is 4.88. The summed E-state index contributed by atoms with van der Waals surface area (Å²) in [5, 5.41) is 9.69. The summed E-state index contributed by atoms with van der Waals surface area (Å²) < 4.78 is 0. The maximum Gasteiger partial charge on any atom is 0.182 e. The monoisotopic (exact) mass is 602 g/mol. The summed E-state index contributed by atoms with van der Waals surface area (Å²) >= 11 is 1.63. The number of anilines is 1. The van der Waals surface area contributed by atoms with E-state index in [1.807, 2.05) is 38.2 Å². The number of thiazole rings is 1. The molecule has 5 nitrogen and oxygen atoms in total. The average Bonchev–Trinajstić information content (AvgIpc) is 3.54. The van der Waals surface area contributed by atoms with Gasteiger partial charge in [-0.2, -0.15) is 0 Å². The Morgan fingerprint density at radius 2 is 1.77 bits per heavy atom. The summed E-state index contributed by atoms with van der Waals surface area (Å²) in [5.41, 5.74) is 5.61. The van der Waals surface area contributed by atoms with Gasteiger partial charge in [-0.3, -0.25) is 0 Å². The van der Waals surface area contributed by atoms with Gasteiger partial charge in [0.15, 0.2) is 5.13 Å². The van der Waals surface area contributed by atoms with E-state index in [4.69, 9.17) is 0 Å². The van der Waals surface area contributed by atoms with Gasteiger partial charge < -0.3 is 20.3 Å². The van der Waals surface area contributed by atoms with Gasteiger partial charge in [0, 0.05) is 41.7 Å². The van der Waals surface area contributed by atoms with Crippen molar-refractivity contribution in [2.24, 2.45) is 5.92 Å². The van der Waals surface area contributed by atoms with Crippen LogP contribution in [0.1, 0.15) is 76.8 Å². The number of hydrogen-bond acceptors (Lipinski definition) is 6. The van der Waals surface area contributed by atoms with E-state index in [9.17, 15) is 4.79 Å². The molecule has 2 atom stereocenters. The van der Waals surface area contributed by atoms with Crippen LogP contribution in [-0.2, 0) is 11.2 Å². The summed E-state index contributed by atoms with van der Waals surface area (Å²) in [5.74, 6) is 0.187. The fraction of sp³-hybridized carbons (Fsp3) is 0.459. The molecule has 3 aromatic rings. The third kappa shape index (κ3) is 13.3. The van der Waals surface area contributed by atoms with Crippen molar-refractivity contribution in [1.29, 1.82) is 0 Å². The summed E-state index contributed by atoms with van der Waals surface area (Å²) in [4.78, 5) is 17.4. The molecular formula is C37H54N4OS. The zero-order valence-electron chi connectivity index (χ0n) is 27.1. The van der Waals surface area contributed by atoms with Gasteiger partial charge in [0.25, 0.3) is 0 Å². The minimum absolute atomic E-state index is 0.187. The highest BCUT2D eigenvalue weighted by Crippen LogP contribution is 2.26. The predicted molar refractivity (Wildman–Crippen MR) is 189 cm³/mol. The van der Waals surface area contributed by atoms with Crippen molar-refractivity contribution in [2.45, 2.75) is 84.2 Å². The van der Waals surface area contributed by atoms with Gasteiger partial charge in [0.05, 0.1) is 5.69 Å². The van der Waals surface area contributed by atoms with Crippen molar-refractivity contribution in [3.63, 3.8) is 0 Å². The van der Waals surface area contributed by atoms with Crippen LogP contribution >= 0.6 is 11.3 Å². The highest BCUT2D eigenvalue weighted by atomic mass is 32.1. The zero-order chi connectivity index (χ0) is 31.5. The Labute approximate surface area is 265 Å². The molecule has 1 aliphatic carbocycles. The number of aldehydes is 1. The highest BCUT2D eigenvalue weighted by molar-refractivity contribution is 7.14. The fourth-order valence-corrected chi connectivity index (χ4v) is 5.56. The number of carbonyl (C=O) groups is 1. The van der Waals surface area contributed by atoms with Crippen LogP contribution in [0.4, 0.5) is 5.13 Å². The van der Waals surface area contributed by atoms with E-state index >= 15 is 0 Å². The minimum Gasteiger partial charge on any atom is -0.382 e. The van der Waals surface area contributed by atoms with Gasteiger partial charge in [-0.25, -0.2) is 4.98 Å². The lowest BCUT2D eigenvalue weighted by Crippen LogP contribution is -2.29. The molecule has 2 aromatic carbocycles. The first kappa shape index (κ1) is 36.0. The lowest BCUT2D eigenvalue weighted by molar-refractivity contribution is -0.111. The standard InChI is InChI=1S/C18H23N3S.C11H14O.C8H17N/c1-13(20-16-6-4-3-5-7-16)14-8-10-15(11-9-14)17-12-22-18(19-2)21-17;1-2-10(9-12)8-11-6-4-3-5-7-11;1-5-7-9(4)8(3)6-2/h8-12,16,20H,1,3-7H2,2H3,(H,19,21);3-7,9-10H,2,8H2,1H3;6,8H,2,5,7H2,1,3-4H3. The van der Waals surface area contributed by atoms with Crippen LogP contribution in [0.15, 0.2) is 79.2 Å². The first-order valence-electron chi connectivity index (χ1n) is 15.9. The summed E-state index contributed by atoms with van der Waals surface area (Å²) in [6.07, 6.45) is 12.6. The van der Waals surface area contributed by atoms with Crippen molar-refractivity contribution in [2.75, 3.05) is 26.0 Å². The zero-order valence-corrected chi connectivity index (χ0v) is 28.0. The van der Waals surface area contributed by atoms with Crippen molar-refractivity contribution in [1.82, 2.24) is 15.2 Å². The number of nitrogens with one attached hydrogen (secondary N) is 2. The van der Waals surface area contributed by atoms with E-state index in [-0.39, 0.29) is 5.92 Å². The third-order valence-corrected chi connectivity index (χ3v) is 8.76. The van der Waals surface area contributed by atoms with Gasteiger partial charge >= 0.3 is 0 Å². The Morgan fingerprint density at radius 3 is 2.30 bits per heavy atom. The SMILES string of the molecule is C=C(NC1CCCCC1)c1ccc(-c2csc(NC)n2)cc1.C=CC(C)N(C)CCC.CCC(C=O)Cc1ccccc1. The van der Waals surface area contributed by atoms with E-state index in [1.165, 1.54) is 49.7 Å². The molecule has 43 heavy (non-hydrogen) atoms. The molecule has 0 radical (unpaired) electrons. The normalized spacial score (nSPS) is 14.3. The molecule has 2 unspecified atom stereocenters. The lowest BCUT2D eigenvalue weighted by atomic mass is 9.95. The number of likely N-dealkylation sites (N-methyl/N-ethyl adjacent to an activating group) is 1. The van der Waals surface area contributed by atoms with Crippen LogP contribution in [0.3, 0.4) is 0 Å². The number of nitrogens with zero attached hydrogens (tertiary/aromatic N) is 2. The average molecular weight is 603 g/mol. The smallest absolute Gasteiger partial charge is 0.182 e. The summed E-state index contributed by atoms with van der Waals surface area (Å²) in [7, 11) is 4.02. The molecule has 4 rings (SSSR count). The van der Waals surface area contributed by atoms with E-state index < -0.39 is 0 Å². The Bertz CT molecular complexity index is 1180. The van der Waals surface area contributed by atoms with Crippen LogP contribution < -0.4 is 10.6 Å². The van der Waals surface area contributed by atoms with Crippen LogP contribution in [0.2, 0.25) is 0 Å². The van der Waals surface area contributed by atoms with Crippen molar-refractivity contribution in [3.05, 3.63) is 90.3 Å². The first-order chi connectivity index (χ1) is 20.8. The molecule has 0 bridgehead atoms. The molecule has 0 saturated heterocycles. The van der Waals surface area contributed by atoms with Crippen molar-refractivity contribution < 1.29 is 4.79 Å². The number of hydrogen-bond donors (Lipinski definition) is 2. The number of benzene rings is 2. The Morgan fingerprint density at radius 1 is 1.09 bits per heavy atom. The molecule has 0 aliphatic heterocycles. The molecule has 1 fully saturated rings. The second-order valence-corrected chi connectivity index (χ2v) is 12.1. The molecule has 1 aliphatic rings. The second-order valence-electron chi connectivity index (χ2n) is 11.3. The van der Waals surface area contributed by atoms with Gasteiger partial charge in [-0.05, 0) is 63.7 Å². The number of rotatable bonds is 13. The molecule has 1 aromatic heterocycles. The molecule has 0 amide bonds. The Balaban J connectivity index is 0.000000259. The Hall–Kier alpha value is -3.22. The predicted octanol–water partition coefficient (Wildman–Crippen LogP) is 9.10. The van der Waals surface area contributed by atoms with Crippen LogP contribution in [0.5, 0.6) is 0 Å². The molecule has 2 N–H and O–H groups in total. The molecule has 1 heterocycles. The summed E-state index contributed by atoms with van der Waals surface area (Å²) in [6.45, 7) is 15.5. The number of carbonyl (C=O) groups excluding carboxylic acids is 1. The minimum atomic E-state index is 0.187. The molecule has 0 spiro atoms. The van der Waals surface area contributed by atoms with E-state index in [0.717, 1.165) is 47.8 Å². The molecular weight excluding hydrogens is 549 g/mol. The van der Waals surface area contributed by atoms with E-state index in [1.54, 1.807) is 11.3 Å².